The highest BCUT2D eigenvalue weighted by molar-refractivity contribution is 5.94. The first-order valence-corrected chi connectivity index (χ1v) is 5.86. The summed E-state index contributed by atoms with van der Waals surface area (Å²) in [6, 6.07) is 4.86. The van der Waals surface area contributed by atoms with Gasteiger partial charge in [-0.15, -0.1) is 0 Å². The lowest BCUT2D eigenvalue weighted by Crippen LogP contribution is -2.33. The Kier molecular flexibility index (Phi) is 4.55. The Hall–Kier alpha value is -1.75. The molecule has 0 fully saturated rings. The van der Waals surface area contributed by atoms with Gasteiger partial charge in [0, 0.05) is 24.5 Å². The SMILES string of the molecule is CCOC(C)(C)CNc1ccc(N)c(C(=O)O)c1. The summed E-state index contributed by atoms with van der Waals surface area (Å²) < 4.78 is 5.55. The zero-order valence-corrected chi connectivity index (χ0v) is 11.0. The zero-order valence-electron chi connectivity index (χ0n) is 11.0. The number of hydrogen-bond acceptors (Lipinski definition) is 4. The Morgan fingerprint density at radius 3 is 2.72 bits per heavy atom. The van der Waals surface area contributed by atoms with Crippen LogP contribution in [0.4, 0.5) is 11.4 Å². The highest BCUT2D eigenvalue weighted by Gasteiger charge is 2.17. The summed E-state index contributed by atoms with van der Waals surface area (Å²) in [7, 11) is 0. The van der Waals surface area contributed by atoms with Crippen LogP contribution >= 0.6 is 0 Å². The molecule has 5 nitrogen and oxygen atoms in total. The first-order valence-electron chi connectivity index (χ1n) is 5.86. The quantitative estimate of drug-likeness (QED) is 0.676. The Bertz CT molecular complexity index is 430. The Morgan fingerprint density at radius 2 is 2.17 bits per heavy atom. The highest BCUT2D eigenvalue weighted by Crippen LogP contribution is 2.19. The van der Waals surface area contributed by atoms with E-state index in [1.54, 1.807) is 12.1 Å². The monoisotopic (exact) mass is 252 g/mol. The van der Waals surface area contributed by atoms with Gasteiger partial charge in [0.05, 0.1) is 11.2 Å². The van der Waals surface area contributed by atoms with Gasteiger partial charge in [0.25, 0.3) is 0 Å². The number of nitrogen functional groups attached to an aromatic ring is 1. The van der Waals surface area contributed by atoms with E-state index in [0.717, 1.165) is 5.69 Å². The fourth-order valence-corrected chi connectivity index (χ4v) is 1.61. The standard InChI is InChI=1S/C13H20N2O3/c1-4-18-13(2,3)8-15-9-5-6-11(14)10(7-9)12(16)17/h5-7,15H,4,8,14H2,1-3H3,(H,16,17). The van der Waals surface area contributed by atoms with Crippen molar-refractivity contribution < 1.29 is 14.6 Å². The lowest BCUT2D eigenvalue weighted by Gasteiger charge is -2.25. The third-order valence-corrected chi connectivity index (χ3v) is 2.54. The van der Waals surface area contributed by atoms with Crippen LogP contribution in [0.15, 0.2) is 18.2 Å². The molecule has 0 atom stereocenters. The van der Waals surface area contributed by atoms with Crippen molar-refractivity contribution in [1.82, 2.24) is 0 Å². The highest BCUT2D eigenvalue weighted by atomic mass is 16.5. The second-order valence-corrected chi connectivity index (χ2v) is 4.65. The van der Waals surface area contributed by atoms with Gasteiger partial charge < -0.3 is 20.9 Å². The molecule has 18 heavy (non-hydrogen) atoms. The number of anilines is 2. The molecule has 100 valence electrons. The molecule has 0 unspecified atom stereocenters. The van der Waals surface area contributed by atoms with E-state index in [0.29, 0.717) is 13.2 Å². The minimum atomic E-state index is -1.03. The van der Waals surface area contributed by atoms with Crippen LogP contribution in [-0.2, 0) is 4.74 Å². The smallest absolute Gasteiger partial charge is 0.337 e. The molecule has 1 rings (SSSR count). The molecule has 0 saturated heterocycles. The molecule has 5 heteroatoms. The first-order chi connectivity index (χ1) is 8.35. The molecule has 0 heterocycles. The van der Waals surface area contributed by atoms with Crippen LogP contribution in [0.25, 0.3) is 0 Å². The maximum absolute atomic E-state index is 10.9. The molecule has 0 aliphatic rings. The van der Waals surface area contributed by atoms with Gasteiger partial charge in [-0.05, 0) is 39.0 Å². The summed E-state index contributed by atoms with van der Waals surface area (Å²) in [6.07, 6.45) is 0. The van der Waals surface area contributed by atoms with E-state index >= 15 is 0 Å². The predicted octanol–water partition coefficient (Wildman–Crippen LogP) is 2.19. The van der Waals surface area contributed by atoms with Crippen molar-refractivity contribution in [3.05, 3.63) is 23.8 Å². The van der Waals surface area contributed by atoms with E-state index in [1.165, 1.54) is 6.07 Å². The normalized spacial score (nSPS) is 11.3. The molecule has 0 aromatic heterocycles. The van der Waals surface area contributed by atoms with E-state index < -0.39 is 5.97 Å². The molecule has 0 aliphatic carbocycles. The summed E-state index contributed by atoms with van der Waals surface area (Å²) in [5.74, 6) is -1.03. The molecule has 1 aromatic carbocycles. The Morgan fingerprint density at radius 1 is 1.50 bits per heavy atom. The lowest BCUT2D eigenvalue weighted by atomic mass is 10.1. The number of ether oxygens (including phenoxy) is 1. The molecule has 0 bridgehead atoms. The van der Waals surface area contributed by atoms with Crippen molar-refractivity contribution in [2.45, 2.75) is 26.4 Å². The van der Waals surface area contributed by atoms with Crippen molar-refractivity contribution in [2.75, 3.05) is 24.2 Å². The van der Waals surface area contributed by atoms with Gasteiger partial charge in [-0.3, -0.25) is 0 Å². The second kappa shape index (κ2) is 5.73. The third kappa shape index (κ3) is 3.92. The number of nitrogens with two attached hydrogens (primary N) is 1. The number of carboxylic acid groups (broad SMARTS) is 1. The predicted molar refractivity (Wildman–Crippen MR) is 72.0 cm³/mol. The van der Waals surface area contributed by atoms with Crippen LogP contribution in [0.5, 0.6) is 0 Å². The van der Waals surface area contributed by atoms with Crippen LogP contribution in [0.3, 0.4) is 0 Å². The van der Waals surface area contributed by atoms with Crippen molar-refractivity contribution in [1.29, 1.82) is 0 Å². The zero-order chi connectivity index (χ0) is 13.8. The van der Waals surface area contributed by atoms with Crippen molar-refractivity contribution in [3.63, 3.8) is 0 Å². The number of rotatable bonds is 6. The summed E-state index contributed by atoms with van der Waals surface area (Å²) in [5, 5.41) is 12.1. The Balaban J connectivity index is 2.74. The molecule has 0 radical (unpaired) electrons. The number of aromatic carboxylic acids is 1. The van der Waals surface area contributed by atoms with Crippen molar-refractivity contribution >= 4 is 17.3 Å². The largest absolute Gasteiger partial charge is 0.478 e. The van der Waals surface area contributed by atoms with Gasteiger partial charge in [-0.1, -0.05) is 0 Å². The maximum atomic E-state index is 10.9. The van der Waals surface area contributed by atoms with Gasteiger partial charge >= 0.3 is 5.97 Å². The topological polar surface area (TPSA) is 84.6 Å². The summed E-state index contributed by atoms with van der Waals surface area (Å²) >= 11 is 0. The summed E-state index contributed by atoms with van der Waals surface area (Å²) in [6.45, 7) is 7.10. The molecular formula is C13H20N2O3. The van der Waals surface area contributed by atoms with E-state index in [9.17, 15) is 4.79 Å². The number of benzene rings is 1. The van der Waals surface area contributed by atoms with Crippen LogP contribution in [0.1, 0.15) is 31.1 Å². The van der Waals surface area contributed by atoms with Crippen LogP contribution in [-0.4, -0.2) is 29.8 Å². The van der Waals surface area contributed by atoms with Gasteiger partial charge in [-0.2, -0.15) is 0 Å². The molecule has 0 amide bonds. The summed E-state index contributed by atoms with van der Waals surface area (Å²) in [5.41, 5.74) is 6.36. The number of carbonyl (C=O) groups is 1. The van der Waals surface area contributed by atoms with Gasteiger partial charge in [0.1, 0.15) is 0 Å². The van der Waals surface area contributed by atoms with E-state index in [1.807, 2.05) is 20.8 Å². The minimum absolute atomic E-state index is 0.106. The number of carboxylic acids is 1. The van der Waals surface area contributed by atoms with Gasteiger partial charge in [0.2, 0.25) is 0 Å². The molecule has 1 aromatic rings. The average Bonchev–Trinajstić information content (AvgIpc) is 2.27. The molecular weight excluding hydrogens is 232 g/mol. The third-order valence-electron chi connectivity index (χ3n) is 2.54. The molecule has 0 saturated carbocycles. The van der Waals surface area contributed by atoms with Crippen molar-refractivity contribution in [3.8, 4) is 0 Å². The van der Waals surface area contributed by atoms with Crippen LogP contribution < -0.4 is 11.1 Å². The molecule has 0 aliphatic heterocycles. The van der Waals surface area contributed by atoms with E-state index in [-0.39, 0.29) is 16.9 Å². The molecule has 4 N–H and O–H groups in total. The minimum Gasteiger partial charge on any atom is -0.478 e. The average molecular weight is 252 g/mol. The van der Waals surface area contributed by atoms with Crippen molar-refractivity contribution in [2.24, 2.45) is 0 Å². The summed E-state index contributed by atoms with van der Waals surface area (Å²) in [4.78, 5) is 10.9. The Labute approximate surface area is 107 Å². The fourth-order valence-electron chi connectivity index (χ4n) is 1.61. The van der Waals surface area contributed by atoms with Gasteiger partial charge in [0.15, 0.2) is 0 Å². The maximum Gasteiger partial charge on any atom is 0.337 e. The van der Waals surface area contributed by atoms with Gasteiger partial charge in [-0.25, -0.2) is 4.79 Å². The first kappa shape index (κ1) is 14.3. The number of nitrogens with one attached hydrogen (secondary N) is 1. The van der Waals surface area contributed by atoms with Crippen LogP contribution in [0.2, 0.25) is 0 Å². The number of hydrogen-bond donors (Lipinski definition) is 3. The van der Waals surface area contributed by atoms with E-state index in [4.69, 9.17) is 15.6 Å². The van der Waals surface area contributed by atoms with E-state index in [2.05, 4.69) is 5.32 Å². The lowest BCUT2D eigenvalue weighted by molar-refractivity contribution is 0.000697. The fraction of sp³-hybridized carbons (Fsp3) is 0.462. The second-order valence-electron chi connectivity index (χ2n) is 4.65. The molecule has 0 spiro atoms. The van der Waals surface area contributed by atoms with Crippen LogP contribution in [0, 0.1) is 0 Å².